The van der Waals surface area contributed by atoms with Crippen molar-refractivity contribution in [3.63, 3.8) is 0 Å². The van der Waals surface area contributed by atoms with Crippen molar-refractivity contribution in [3.8, 4) is 0 Å². The highest BCUT2D eigenvalue weighted by molar-refractivity contribution is 7.70. The summed E-state index contributed by atoms with van der Waals surface area (Å²) in [5.74, 6) is -0.298. The quantitative estimate of drug-likeness (QED) is 0.163. The van der Waals surface area contributed by atoms with Gasteiger partial charge in [-0.15, -0.1) is 0 Å². The Labute approximate surface area is 242 Å². The molecule has 2 saturated carbocycles. The van der Waals surface area contributed by atoms with Crippen LogP contribution in [0.2, 0.25) is 5.28 Å². The number of rotatable bonds is 10. The number of imidazole rings is 1. The molecule has 5 rings (SSSR count). The lowest BCUT2D eigenvalue weighted by molar-refractivity contribution is -0.0483. The van der Waals surface area contributed by atoms with Gasteiger partial charge in [-0.25, -0.2) is 4.98 Å². The van der Waals surface area contributed by atoms with Gasteiger partial charge in [0.1, 0.15) is 18.3 Å². The van der Waals surface area contributed by atoms with Crippen molar-refractivity contribution in [1.29, 1.82) is 0 Å². The van der Waals surface area contributed by atoms with E-state index in [1.165, 1.54) is 30.2 Å². The smallest absolute Gasteiger partial charge is 0.340 e. The molecule has 14 nitrogen and oxygen atoms in total. The molecule has 2 aromatic rings. The zero-order valence-electron chi connectivity index (χ0n) is 23.0. The number of aliphatic hydroxyl groups excluding tert-OH is 2. The van der Waals surface area contributed by atoms with Crippen LogP contribution in [0.15, 0.2) is 6.33 Å². The maximum absolute atomic E-state index is 12.0. The molecule has 2 bridgehead atoms. The maximum atomic E-state index is 12.0. The predicted molar refractivity (Wildman–Crippen MR) is 150 cm³/mol. The Bertz CT molecular complexity index is 1380. The number of nitrogens with zero attached hydrogens (tertiary/aromatic N) is 4. The first-order chi connectivity index (χ1) is 19.1. The summed E-state index contributed by atoms with van der Waals surface area (Å²) in [6.07, 6.45) is 4.71. The third kappa shape index (κ3) is 6.82. The molecule has 0 aromatic carbocycles. The van der Waals surface area contributed by atoms with Crippen LogP contribution in [-0.2, 0) is 18.4 Å². The predicted octanol–water partition coefficient (Wildman–Crippen LogP) is 3.38. The van der Waals surface area contributed by atoms with Crippen LogP contribution in [0.3, 0.4) is 0 Å². The van der Waals surface area contributed by atoms with Gasteiger partial charge in [-0.3, -0.25) is 13.7 Å². The monoisotopic (exact) mass is 637 g/mol. The third-order valence-electron chi connectivity index (χ3n) is 8.55. The van der Waals surface area contributed by atoms with Crippen molar-refractivity contribution in [2.45, 2.75) is 95.3 Å². The lowest BCUT2D eigenvalue weighted by Crippen LogP contribution is -2.52. The minimum Gasteiger partial charge on any atom is -0.387 e. The number of aromatic nitrogens is 4. The van der Waals surface area contributed by atoms with Crippen LogP contribution in [0.25, 0.3) is 11.2 Å². The first kappa shape index (κ1) is 31.3. The van der Waals surface area contributed by atoms with Gasteiger partial charge in [-0.05, 0) is 55.0 Å². The molecule has 41 heavy (non-hydrogen) atoms. The van der Waals surface area contributed by atoms with Crippen LogP contribution in [0.5, 0.6) is 0 Å². The molecule has 8 atom stereocenters. The normalized spacial score (nSPS) is 35.5. The summed E-state index contributed by atoms with van der Waals surface area (Å²) < 4.78 is 35.1. The summed E-state index contributed by atoms with van der Waals surface area (Å²) in [5.41, 5.74) is 0.764. The van der Waals surface area contributed by atoms with Crippen molar-refractivity contribution in [1.82, 2.24) is 19.5 Å². The molecule has 2 aliphatic carbocycles. The Morgan fingerprint density at radius 1 is 1.20 bits per heavy atom. The molecule has 6 N–H and O–H groups in total. The number of ether oxygens (including phenoxy) is 1. The molecule has 1 saturated heterocycles. The Hall–Kier alpha value is -1.18. The molecule has 230 valence electrons. The van der Waals surface area contributed by atoms with Gasteiger partial charge < -0.3 is 39.5 Å². The van der Waals surface area contributed by atoms with Crippen molar-refractivity contribution < 1.29 is 43.3 Å². The second kappa shape index (κ2) is 11.4. The lowest BCUT2D eigenvalue weighted by Gasteiger charge is -2.54. The molecule has 0 radical (unpaired) electrons. The van der Waals surface area contributed by atoms with E-state index < -0.39 is 52.2 Å². The van der Waals surface area contributed by atoms with Gasteiger partial charge in [-0.2, -0.15) is 9.97 Å². The van der Waals surface area contributed by atoms with E-state index in [0.29, 0.717) is 17.3 Å². The molecular formula is C24H38ClN5O9P2. The molecular weight excluding hydrogens is 600 g/mol. The Morgan fingerprint density at radius 3 is 2.66 bits per heavy atom. The van der Waals surface area contributed by atoms with Crippen LogP contribution < -0.4 is 5.32 Å². The zero-order chi connectivity index (χ0) is 29.8. The highest BCUT2D eigenvalue weighted by Crippen LogP contribution is 2.56. The standard InChI is InChI=1S/C24H38ClN5O9P2/c1-3-5-14-8-23(2)6-4-7-24(9-14,11-23)29-19-16-20(28-22(25)27-19)30(12-26-16)21-18(32)17(31)15(39-21)10-38-41(36,37)13-40(33,34)35/h12,14-15,17-18,21,31-32H,3-11,13H2,1-2H3,(H,36,37)(H,27,28,29)(H2,33,34,35)/t14-,15-,17?,18?,21-,23+,24+/m1/s1. The molecule has 3 aliphatic rings. The second-order valence-electron chi connectivity index (χ2n) is 12.3. The lowest BCUT2D eigenvalue weighted by atomic mass is 9.56. The fourth-order valence-electron chi connectivity index (χ4n) is 7.26. The largest absolute Gasteiger partial charge is 0.387 e. The van der Waals surface area contributed by atoms with E-state index >= 15 is 0 Å². The van der Waals surface area contributed by atoms with Gasteiger partial charge in [0.25, 0.3) is 0 Å². The molecule has 3 fully saturated rings. The zero-order valence-corrected chi connectivity index (χ0v) is 25.5. The highest BCUT2D eigenvalue weighted by atomic mass is 35.5. The van der Waals surface area contributed by atoms with Crippen molar-refractivity contribution in [2.75, 3.05) is 17.8 Å². The van der Waals surface area contributed by atoms with Gasteiger partial charge in [0, 0.05) is 5.54 Å². The third-order valence-corrected chi connectivity index (χ3v) is 12.2. The number of nitrogens with one attached hydrogen (secondary N) is 1. The molecule has 2 aromatic heterocycles. The van der Waals surface area contributed by atoms with Crippen molar-refractivity contribution >= 4 is 43.8 Å². The highest BCUT2D eigenvalue weighted by Gasteiger charge is 2.49. The van der Waals surface area contributed by atoms with E-state index in [-0.39, 0.29) is 21.9 Å². The van der Waals surface area contributed by atoms with Crippen LogP contribution in [0, 0.1) is 11.3 Å². The fourth-order valence-corrected chi connectivity index (χ4v) is 10.00. The number of hydrogen-bond donors (Lipinski definition) is 6. The van der Waals surface area contributed by atoms with E-state index in [1.807, 2.05) is 0 Å². The van der Waals surface area contributed by atoms with Gasteiger partial charge >= 0.3 is 15.2 Å². The van der Waals surface area contributed by atoms with Gasteiger partial charge in [-0.1, -0.05) is 33.1 Å². The van der Waals surface area contributed by atoms with Crippen LogP contribution in [-0.4, -0.2) is 80.8 Å². The Balaban J connectivity index is 1.38. The number of aliphatic hydroxyl groups is 2. The minimum atomic E-state index is -4.83. The van der Waals surface area contributed by atoms with E-state index in [2.05, 4.69) is 34.1 Å². The number of fused-ring (bicyclic) bond motifs is 3. The first-order valence-electron chi connectivity index (χ1n) is 13.8. The second-order valence-corrected chi connectivity index (χ2v) is 16.6. The molecule has 0 amide bonds. The van der Waals surface area contributed by atoms with Gasteiger partial charge in [0.2, 0.25) is 5.28 Å². The van der Waals surface area contributed by atoms with Crippen LogP contribution in [0.4, 0.5) is 5.82 Å². The van der Waals surface area contributed by atoms with Gasteiger partial charge in [0.05, 0.1) is 12.9 Å². The van der Waals surface area contributed by atoms with E-state index in [1.54, 1.807) is 0 Å². The fraction of sp³-hybridized carbons (Fsp3) is 0.792. The average Bonchev–Trinajstić information content (AvgIpc) is 3.36. The van der Waals surface area contributed by atoms with Crippen molar-refractivity contribution in [3.05, 3.63) is 11.6 Å². The molecule has 17 heteroatoms. The summed E-state index contributed by atoms with van der Waals surface area (Å²) in [5, 5.41) is 25.0. The number of hydrogen-bond acceptors (Lipinski definition) is 10. The average molecular weight is 638 g/mol. The Morgan fingerprint density at radius 2 is 1.95 bits per heavy atom. The first-order valence-corrected chi connectivity index (χ1v) is 17.8. The van der Waals surface area contributed by atoms with E-state index in [0.717, 1.165) is 32.1 Å². The maximum Gasteiger partial charge on any atom is 0.340 e. The minimum absolute atomic E-state index is 0.0378. The number of anilines is 1. The molecule has 3 unspecified atom stereocenters. The summed E-state index contributed by atoms with van der Waals surface area (Å²) in [7, 11) is -9.52. The SMILES string of the molecule is CCC[C@@H]1C[C@]2(C)CCC[C@](Nc3nc(Cl)nc4c3ncn4[C@@H]3O[C@H](COP(=O)(O)CP(=O)(O)O)C(O)C3O)(C1)C2. The van der Waals surface area contributed by atoms with Crippen LogP contribution in [0.1, 0.15) is 71.4 Å². The molecule has 1 aliphatic heterocycles. The summed E-state index contributed by atoms with van der Waals surface area (Å²) in [6, 6.07) is 0. The number of halogens is 1. The summed E-state index contributed by atoms with van der Waals surface area (Å²) >= 11 is 6.36. The van der Waals surface area contributed by atoms with Gasteiger partial charge in [0.15, 0.2) is 29.1 Å². The van der Waals surface area contributed by atoms with Crippen LogP contribution >= 0.6 is 26.8 Å². The van der Waals surface area contributed by atoms with Crippen molar-refractivity contribution in [2.24, 2.45) is 11.3 Å². The Kier molecular flexibility index (Phi) is 8.68. The molecule has 3 heterocycles. The summed E-state index contributed by atoms with van der Waals surface area (Å²) in [6.45, 7) is 3.89. The summed E-state index contributed by atoms with van der Waals surface area (Å²) in [4.78, 5) is 41.0. The molecule has 0 spiro atoms. The topological polar surface area (TPSA) is 209 Å². The van der Waals surface area contributed by atoms with E-state index in [4.69, 9.17) is 30.6 Å². The van der Waals surface area contributed by atoms with E-state index in [9.17, 15) is 24.2 Å².